The van der Waals surface area contributed by atoms with Crippen molar-refractivity contribution in [3.8, 4) is 0 Å². The minimum atomic E-state index is -1.17. The van der Waals surface area contributed by atoms with Gasteiger partial charge in [0.1, 0.15) is 5.56 Å². The molecule has 2 N–H and O–H groups in total. The van der Waals surface area contributed by atoms with Gasteiger partial charge in [-0.2, -0.15) is 0 Å². The number of H-pyrrole nitrogens is 1. The molecule has 0 aliphatic carbocycles. The number of pyridine rings is 1. The largest absolute Gasteiger partial charge is 0.477 e. The van der Waals surface area contributed by atoms with Gasteiger partial charge in [0.05, 0.1) is 0 Å². The molecule has 92 valence electrons. The SMILES string of the molecule is CN1CCCCC1c1c[nH]c(=O)c(C(=O)O)c1. The fraction of sp³-hybridized carbons (Fsp3) is 0.500. The van der Waals surface area contributed by atoms with Gasteiger partial charge in [0.15, 0.2) is 0 Å². The number of piperidine rings is 1. The Morgan fingerprint density at radius 2 is 2.29 bits per heavy atom. The first kappa shape index (κ1) is 11.9. The van der Waals surface area contributed by atoms with Gasteiger partial charge in [0.25, 0.3) is 5.56 Å². The molecule has 1 unspecified atom stereocenters. The van der Waals surface area contributed by atoms with Crippen molar-refractivity contribution in [1.82, 2.24) is 9.88 Å². The Balaban J connectivity index is 2.35. The Hall–Kier alpha value is -1.62. The van der Waals surface area contributed by atoms with E-state index < -0.39 is 11.5 Å². The third-order valence-electron chi connectivity index (χ3n) is 3.31. The molecule has 0 aromatic carbocycles. The maximum atomic E-state index is 11.3. The van der Waals surface area contributed by atoms with Crippen LogP contribution < -0.4 is 5.56 Å². The summed E-state index contributed by atoms with van der Waals surface area (Å²) in [6.07, 6.45) is 4.93. The van der Waals surface area contributed by atoms with Gasteiger partial charge >= 0.3 is 5.97 Å². The summed E-state index contributed by atoms with van der Waals surface area (Å²) >= 11 is 0. The molecule has 5 nitrogen and oxygen atoms in total. The van der Waals surface area contributed by atoms with Crippen molar-refractivity contribution in [2.24, 2.45) is 0 Å². The maximum Gasteiger partial charge on any atom is 0.341 e. The molecule has 2 rings (SSSR count). The van der Waals surface area contributed by atoms with E-state index in [0.717, 1.165) is 24.9 Å². The van der Waals surface area contributed by atoms with E-state index in [0.29, 0.717) is 0 Å². The second-order valence-corrected chi connectivity index (χ2v) is 4.47. The van der Waals surface area contributed by atoms with Crippen LogP contribution >= 0.6 is 0 Å². The monoisotopic (exact) mass is 236 g/mol. The Kier molecular flexibility index (Phi) is 3.28. The standard InChI is InChI=1S/C12H16N2O3/c1-14-5-3-2-4-10(14)8-6-9(12(16)17)11(15)13-7-8/h6-7,10H,2-5H2,1H3,(H,13,15)(H,16,17). The van der Waals surface area contributed by atoms with E-state index in [1.807, 2.05) is 7.05 Å². The summed E-state index contributed by atoms with van der Waals surface area (Å²) in [5.74, 6) is -1.17. The van der Waals surface area contributed by atoms with Crippen molar-refractivity contribution in [2.45, 2.75) is 25.3 Å². The van der Waals surface area contributed by atoms with Crippen LogP contribution in [0.5, 0.6) is 0 Å². The van der Waals surface area contributed by atoms with Gasteiger partial charge in [-0.3, -0.25) is 9.69 Å². The van der Waals surface area contributed by atoms with E-state index >= 15 is 0 Å². The van der Waals surface area contributed by atoms with Crippen molar-refractivity contribution in [2.75, 3.05) is 13.6 Å². The number of carboxylic acid groups (broad SMARTS) is 1. The molecule has 1 aromatic heterocycles. The van der Waals surface area contributed by atoms with E-state index in [4.69, 9.17) is 5.11 Å². The molecule has 1 saturated heterocycles. The first-order valence-corrected chi connectivity index (χ1v) is 5.76. The molecule has 2 heterocycles. The molecule has 1 aliphatic heterocycles. The molecular weight excluding hydrogens is 220 g/mol. The molecule has 0 saturated carbocycles. The number of aromatic carboxylic acids is 1. The van der Waals surface area contributed by atoms with Gasteiger partial charge in [0, 0.05) is 12.2 Å². The fourth-order valence-corrected chi connectivity index (χ4v) is 2.35. The van der Waals surface area contributed by atoms with Gasteiger partial charge in [-0.05, 0) is 38.1 Å². The predicted molar refractivity (Wildman–Crippen MR) is 63.2 cm³/mol. The lowest BCUT2D eigenvalue weighted by molar-refractivity contribution is 0.0694. The average Bonchev–Trinajstić information content (AvgIpc) is 2.30. The second kappa shape index (κ2) is 4.71. The summed E-state index contributed by atoms with van der Waals surface area (Å²) in [5.41, 5.74) is 0.158. The Labute approximate surface area is 99.1 Å². The van der Waals surface area contributed by atoms with Gasteiger partial charge in [-0.25, -0.2) is 4.79 Å². The van der Waals surface area contributed by atoms with E-state index in [1.54, 1.807) is 6.20 Å². The highest BCUT2D eigenvalue weighted by molar-refractivity contribution is 5.87. The minimum absolute atomic E-state index is 0.179. The fourth-order valence-electron chi connectivity index (χ4n) is 2.35. The van der Waals surface area contributed by atoms with E-state index in [-0.39, 0.29) is 11.6 Å². The molecule has 5 heteroatoms. The molecule has 1 aliphatic rings. The summed E-state index contributed by atoms with van der Waals surface area (Å²) in [6, 6.07) is 1.70. The summed E-state index contributed by atoms with van der Waals surface area (Å²) < 4.78 is 0. The number of nitrogens with one attached hydrogen (secondary N) is 1. The van der Waals surface area contributed by atoms with Crippen LogP contribution in [0.4, 0.5) is 0 Å². The highest BCUT2D eigenvalue weighted by atomic mass is 16.4. The number of carboxylic acids is 1. The zero-order chi connectivity index (χ0) is 12.4. The van der Waals surface area contributed by atoms with Crippen molar-refractivity contribution in [3.63, 3.8) is 0 Å². The normalized spacial score (nSPS) is 21.4. The summed E-state index contributed by atoms with van der Waals surface area (Å²) in [4.78, 5) is 26.9. The van der Waals surface area contributed by atoms with Gasteiger partial charge in [-0.1, -0.05) is 6.42 Å². The highest BCUT2D eigenvalue weighted by Crippen LogP contribution is 2.28. The van der Waals surface area contributed by atoms with Gasteiger partial charge in [-0.15, -0.1) is 0 Å². The summed E-state index contributed by atoms with van der Waals surface area (Å²) in [7, 11) is 2.02. The number of aromatic amines is 1. The van der Waals surface area contributed by atoms with Crippen LogP contribution in [0.25, 0.3) is 0 Å². The Morgan fingerprint density at radius 3 is 2.94 bits per heavy atom. The van der Waals surface area contributed by atoms with Crippen LogP contribution in [0.3, 0.4) is 0 Å². The van der Waals surface area contributed by atoms with Crippen LogP contribution in [0.2, 0.25) is 0 Å². The lowest BCUT2D eigenvalue weighted by Crippen LogP contribution is -2.30. The van der Waals surface area contributed by atoms with Crippen LogP contribution in [0.1, 0.15) is 41.2 Å². The van der Waals surface area contributed by atoms with E-state index in [2.05, 4.69) is 9.88 Å². The predicted octanol–water partition coefficient (Wildman–Crippen LogP) is 1.23. The van der Waals surface area contributed by atoms with Crippen LogP contribution in [0, 0.1) is 0 Å². The quantitative estimate of drug-likeness (QED) is 0.810. The molecular formula is C12H16N2O3. The second-order valence-electron chi connectivity index (χ2n) is 4.47. The molecule has 1 atom stereocenters. The van der Waals surface area contributed by atoms with Crippen molar-refractivity contribution in [3.05, 3.63) is 33.7 Å². The van der Waals surface area contributed by atoms with E-state index in [1.165, 1.54) is 12.5 Å². The minimum Gasteiger partial charge on any atom is -0.477 e. The maximum absolute atomic E-state index is 11.3. The average molecular weight is 236 g/mol. The zero-order valence-corrected chi connectivity index (χ0v) is 9.77. The zero-order valence-electron chi connectivity index (χ0n) is 9.77. The number of carbonyl (C=O) groups is 1. The first-order valence-electron chi connectivity index (χ1n) is 5.76. The highest BCUT2D eigenvalue weighted by Gasteiger charge is 2.22. The molecule has 0 spiro atoms. The van der Waals surface area contributed by atoms with Crippen LogP contribution in [-0.4, -0.2) is 34.6 Å². The molecule has 0 bridgehead atoms. The third kappa shape index (κ3) is 2.39. The van der Waals surface area contributed by atoms with Crippen molar-refractivity contribution < 1.29 is 9.90 Å². The number of hydrogen-bond acceptors (Lipinski definition) is 3. The topological polar surface area (TPSA) is 73.4 Å². The Morgan fingerprint density at radius 1 is 1.53 bits per heavy atom. The third-order valence-corrected chi connectivity index (χ3v) is 3.31. The van der Waals surface area contributed by atoms with E-state index in [9.17, 15) is 9.59 Å². The number of aromatic nitrogens is 1. The molecule has 1 aromatic rings. The number of likely N-dealkylation sites (tertiary alicyclic amines) is 1. The first-order chi connectivity index (χ1) is 8.09. The van der Waals surface area contributed by atoms with Gasteiger partial charge in [0.2, 0.25) is 0 Å². The molecule has 0 radical (unpaired) electrons. The van der Waals surface area contributed by atoms with Crippen LogP contribution in [0.15, 0.2) is 17.1 Å². The number of hydrogen-bond donors (Lipinski definition) is 2. The Bertz CT molecular complexity index is 481. The van der Waals surface area contributed by atoms with Crippen LogP contribution in [-0.2, 0) is 0 Å². The molecule has 1 fully saturated rings. The summed E-state index contributed by atoms with van der Waals surface area (Å²) in [6.45, 7) is 1.01. The molecule has 17 heavy (non-hydrogen) atoms. The smallest absolute Gasteiger partial charge is 0.341 e. The number of nitrogens with zero attached hydrogens (tertiary/aromatic N) is 1. The lowest BCUT2D eigenvalue weighted by Gasteiger charge is -2.32. The van der Waals surface area contributed by atoms with Crippen molar-refractivity contribution in [1.29, 1.82) is 0 Å². The summed E-state index contributed by atoms with van der Waals surface area (Å²) in [5, 5.41) is 8.92. The van der Waals surface area contributed by atoms with Gasteiger partial charge < -0.3 is 10.1 Å². The molecule has 0 amide bonds. The number of rotatable bonds is 2. The van der Waals surface area contributed by atoms with Crippen molar-refractivity contribution >= 4 is 5.97 Å². The lowest BCUT2D eigenvalue weighted by atomic mass is 9.96.